The molecule has 0 bridgehead atoms. The lowest BCUT2D eigenvalue weighted by molar-refractivity contribution is -0.128. The summed E-state index contributed by atoms with van der Waals surface area (Å²) in [5.74, 6) is 0.0491. The molecule has 1 saturated carbocycles. The second-order valence-corrected chi connectivity index (χ2v) is 9.09. The summed E-state index contributed by atoms with van der Waals surface area (Å²) in [6.07, 6.45) is 3.97. The largest absolute Gasteiger partial charge is 0.363 e. The van der Waals surface area contributed by atoms with Crippen LogP contribution in [0.1, 0.15) is 31.2 Å². The number of benzene rings is 1. The van der Waals surface area contributed by atoms with E-state index in [0.29, 0.717) is 5.02 Å². The molecule has 1 aromatic heterocycles. The predicted molar refractivity (Wildman–Crippen MR) is 107 cm³/mol. The molecule has 4 rings (SSSR count). The number of amides is 1. The van der Waals surface area contributed by atoms with Crippen LogP contribution in [0, 0.1) is 0 Å². The molecule has 5 nitrogen and oxygen atoms in total. The minimum atomic E-state index is -0.438. The van der Waals surface area contributed by atoms with E-state index >= 15 is 0 Å². The fraction of sp³-hybridized carbons (Fsp3) is 0.389. The topological polar surface area (TPSA) is 58.1 Å². The number of rotatable bonds is 4. The van der Waals surface area contributed by atoms with Crippen LogP contribution in [0.5, 0.6) is 0 Å². The summed E-state index contributed by atoms with van der Waals surface area (Å²) in [6, 6.07) is 7.89. The van der Waals surface area contributed by atoms with Crippen LogP contribution in [0.4, 0.5) is 5.13 Å². The first-order valence-electron chi connectivity index (χ1n) is 8.54. The zero-order valence-corrected chi connectivity index (χ0v) is 17.0. The van der Waals surface area contributed by atoms with Crippen molar-refractivity contribution in [3.63, 3.8) is 0 Å². The van der Waals surface area contributed by atoms with Gasteiger partial charge in [0.1, 0.15) is 0 Å². The Labute approximate surface area is 165 Å². The number of halogens is 1. The van der Waals surface area contributed by atoms with Crippen LogP contribution in [0.2, 0.25) is 5.02 Å². The van der Waals surface area contributed by atoms with E-state index in [2.05, 4.69) is 21.6 Å². The van der Waals surface area contributed by atoms with Gasteiger partial charge in [0.25, 0.3) is 5.91 Å². The first-order chi connectivity index (χ1) is 12.6. The minimum Gasteiger partial charge on any atom is -0.363 e. The molecular formula is C18H19ClN4OS2. The third-order valence-corrected chi connectivity index (χ3v) is 7.64. The zero-order valence-electron chi connectivity index (χ0n) is 14.6. The number of aromatic nitrogens is 2. The number of fused-ring (bicyclic) bond motifs is 1. The van der Waals surface area contributed by atoms with Gasteiger partial charge >= 0.3 is 0 Å². The van der Waals surface area contributed by atoms with E-state index in [0.717, 1.165) is 45.6 Å². The average Bonchev–Trinajstić information content (AvgIpc) is 3.20. The van der Waals surface area contributed by atoms with Gasteiger partial charge in [0, 0.05) is 24.7 Å². The summed E-state index contributed by atoms with van der Waals surface area (Å²) in [4.78, 5) is 15.9. The van der Waals surface area contributed by atoms with Crippen LogP contribution in [-0.2, 0) is 10.3 Å². The number of hydrogen-bond acceptors (Lipinski definition) is 6. The number of likely N-dealkylation sites (N-methyl/N-ethyl adjacent to an activating group) is 1. The molecule has 1 aromatic carbocycles. The molecule has 1 atom stereocenters. The van der Waals surface area contributed by atoms with Gasteiger partial charge in [-0.3, -0.25) is 4.79 Å². The Morgan fingerprint density at radius 3 is 2.85 bits per heavy atom. The molecule has 26 heavy (non-hydrogen) atoms. The van der Waals surface area contributed by atoms with Gasteiger partial charge in [-0.1, -0.05) is 59.3 Å². The Bertz CT molecular complexity index is 897. The number of anilines is 1. The van der Waals surface area contributed by atoms with Crippen molar-refractivity contribution in [3.8, 4) is 0 Å². The lowest BCUT2D eigenvalue weighted by atomic mass is 9.73. The van der Waals surface area contributed by atoms with Crippen molar-refractivity contribution in [2.24, 2.45) is 0 Å². The molecule has 136 valence electrons. The monoisotopic (exact) mass is 406 g/mol. The van der Waals surface area contributed by atoms with Crippen LogP contribution >= 0.6 is 34.7 Å². The third-order valence-electron chi connectivity index (χ3n) is 5.19. The van der Waals surface area contributed by atoms with Gasteiger partial charge in [-0.2, -0.15) is 0 Å². The van der Waals surface area contributed by atoms with Gasteiger partial charge in [-0.15, -0.1) is 10.2 Å². The number of nitrogens with zero attached hydrogens (tertiary/aromatic N) is 3. The summed E-state index contributed by atoms with van der Waals surface area (Å²) >= 11 is 9.46. The van der Waals surface area contributed by atoms with Crippen LogP contribution in [0.25, 0.3) is 0 Å². The molecule has 1 fully saturated rings. The van der Waals surface area contributed by atoms with Gasteiger partial charge in [0.2, 0.25) is 5.13 Å². The van der Waals surface area contributed by atoms with Crippen molar-refractivity contribution in [1.29, 1.82) is 0 Å². The van der Waals surface area contributed by atoms with Gasteiger partial charge in [-0.25, -0.2) is 0 Å². The quantitative estimate of drug-likeness (QED) is 0.808. The maximum atomic E-state index is 13.2. The normalized spacial score (nSPS) is 22.7. The Morgan fingerprint density at radius 1 is 1.31 bits per heavy atom. The SMILES string of the molecule is CNc1nnc(SC2=C3CCCCC3(c3ccccc3Cl)N(C)C2=O)s1. The first-order valence-corrected chi connectivity index (χ1v) is 10.5. The highest BCUT2D eigenvalue weighted by atomic mass is 35.5. The van der Waals surface area contributed by atoms with Crippen LogP contribution in [0.3, 0.4) is 0 Å². The Morgan fingerprint density at radius 2 is 2.12 bits per heavy atom. The molecule has 2 aliphatic rings. The second kappa shape index (κ2) is 6.87. The molecule has 2 heterocycles. The molecule has 1 amide bonds. The Kier molecular flexibility index (Phi) is 4.71. The summed E-state index contributed by atoms with van der Waals surface area (Å²) < 4.78 is 0.777. The van der Waals surface area contributed by atoms with Gasteiger partial charge < -0.3 is 10.2 Å². The number of hydrogen-bond donors (Lipinski definition) is 1. The fourth-order valence-corrected chi connectivity index (χ4v) is 6.24. The van der Waals surface area contributed by atoms with E-state index in [-0.39, 0.29) is 5.91 Å². The molecular weight excluding hydrogens is 388 g/mol. The molecule has 8 heteroatoms. The van der Waals surface area contributed by atoms with Crippen LogP contribution in [-0.4, -0.2) is 35.1 Å². The average molecular weight is 407 g/mol. The summed E-state index contributed by atoms with van der Waals surface area (Å²) in [7, 11) is 3.71. The van der Waals surface area contributed by atoms with E-state index in [9.17, 15) is 4.79 Å². The van der Waals surface area contributed by atoms with E-state index in [4.69, 9.17) is 11.6 Å². The summed E-state index contributed by atoms with van der Waals surface area (Å²) in [5, 5.41) is 12.7. The maximum absolute atomic E-state index is 13.2. The molecule has 0 radical (unpaired) electrons. The van der Waals surface area contributed by atoms with Crippen molar-refractivity contribution < 1.29 is 4.79 Å². The fourth-order valence-electron chi connectivity index (χ4n) is 3.99. The first kappa shape index (κ1) is 17.8. The van der Waals surface area contributed by atoms with Gasteiger partial charge in [0.15, 0.2) is 4.34 Å². The summed E-state index contributed by atoms with van der Waals surface area (Å²) in [5.41, 5.74) is 1.76. The van der Waals surface area contributed by atoms with Gasteiger partial charge in [-0.05, 0) is 30.9 Å². The molecule has 0 saturated heterocycles. The Hall–Kier alpha value is -1.57. The highest BCUT2D eigenvalue weighted by Gasteiger charge is 2.52. The molecule has 1 aliphatic carbocycles. The van der Waals surface area contributed by atoms with Crippen LogP contribution in [0.15, 0.2) is 39.1 Å². The molecule has 0 spiro atoms. The smallest absolute Gasteiger partial charge is 0.261 e. The Balaban J connectivity index is 1.83. The molecule has 2 aromatic rings. The van der Waals surface area contributed by atoms with E-state index in [1.54, 1.807) is 0 Å². The predicted octanol–water partition coefficient (Wildman–Crippen LogP) is 4.52. The number of thioether (sulfide) groups is 1. The standard InChI is InChI=1S/C18H19ClN4OS2/c1-20-16-21-22-17(26-16)25-14-12-8-5-6-10-18(12,23(2)15(14)24)11-7-3-4-9-13(11)19/h3-4,7,9H,5-6,8,10H2,1-2H3,(H,20,21). The van der Waals surface area contributed by atoms with Crippen molar-refractivity contribution in [2.75, 3.05) is 19.4 Å². The zero-order chi connectivity index (χ0) is 18.3. The molecule has 1 aliphatic heterocycles. The minimum absolute atomic E-state index is 0.0491. The van der Waals surface area contributed by atoms with Gasteiger partial charge in [0.05, 0.1) is 10.4 Å². The van der Waals surface area contributed by atoms with Crippen molar-refractivity contribution in [3.05, 3.63) is 45.3 Å². The number of carbonyl (C=O) groups is 1. The molecule has 1 unspecified atom stereocenters. The number of carbonyl (C=O) groups excluding carboxylic acids is 1. The lowest BCUT2D eigenvalue weighted by Crippen LogP contribution is -2.44. The number of nitrogens with one attached hydrogen (secondary N) is 1. The summed E-state index contributed by atoms with van der Waals surface area (Å²) in [6.45, 7) is 0. The lowest BCUT2D eigenvalue weighted by Gasteiger charge is -2.42. The third kappa shape index (κ3) is 2.64. The van der Waals surface area contributed by atoms with E-state index in [1.807, 2.05) is 37.2 Å². The van der Waals surface area contributed by atoms with Crippen LogP contribution < -0.4 is 5.32 Å². The van der Waals surface area contributed by atoms with E-state index < -0.39 is 5.54 Å². The molecule has 1 N–H and O–H groups in total. The second-order valence-electron chi connectivity index (χ2n) is 6.44. The van der Waals surface area contributed by atoms with Crippen molar-refractivity contribution in [1.82, 2.24) is 15.1 Å². The maximum Gasteiger partial charge on any atom is 0.261 e. The highest BCUT2D eigenvalue weighted by Crippen LogP contribution is 2.55. The van der Waals surface area contributed by atoms with Crippen molar-refractivity contribution in [2.45, 2.75) is 35.6 Å². The van der Waals surface area contributed by atoms with E-state index in [1.165, 1.54) is 28.7 Å². The van der Waals surface area contributed by atoms with Crippen molar-refractivity contribution >= 4 is 45.7 Å². The highest BCUT2D eigenvalue weighted by molar-refractivity contribution is 8.05.